The third-order valence-electron chi connectivity index (χ3n) is 3.78. The zero-order chi connectivity index (χ0) is 17.5. The number of carbonyl (C=O) groups is 1. The van der Waals surface area contributed by atoms with Crippen LogP contribution in [-0.2, 0) is 11.2 Å². The molecule has 0 radical (unpaired) electrons. The molecule has 0 aliphatic carbocycles. The quantitative estimate of drug-likeness (QED) is 0.848. The number of aromatic hydroxyl groups is 1. The summed E-state index contributed by atoms with van der Waals surface area (Å²) in [4.78, 5) is 18.6. The van der Waals surface area contributed by atoms with Crippen LogP contribution in [0.5, 0.6) is 5.75 Å². The number of benzene rings is 1. The minimum atomic E-state index is 0.107. The van der Waals surface area contributed by atoms with E-state index in [1.54, 1.807) is 12.1 Å². The lowest BCUT2D eigenvalue weighted by molar-refractivity contribution is -0.116. The van der Waals surface area contributed by atoms with Crippen molar-refractivity contribution < 1.29 is 9.90 Å². The van der Waals surface area contributed by atoms with Gasteiger partial charge in [-0.3, -0.25) is 4.79 Å². The molecule has 2 heterocycles. The number of rotatable bonds is 3. The van der Waals surface area contributed by atoms with Crippen molar-refractivity contribution in [2.75, 3.05) is 17.2 Å². The number of thioether (sulfide) groups is 1. The van der Waals surface area contributed by atoms with Gasteiger partial charge in [0.1, 0.15) is 5.75 Å². The third kappa shape index (κ3) is 4.29. The number of fused-ring (bicyclic) bond motifs is 1. The van der Waals surface area contributed by atoms with Crippen LogP contribution in [0.1, 0.15) is 31.4 Å². The predicted molar refractivity (Wildman–Crippen MR) is 99.8 cm³/mol. The molecule has 0 bridgehead atoms. The van der Waals surface area contributed by atoms with Crippen molar-refractivity contribution in [3.05, 3.63) is 47.7 Å². The van der Waals surface area contributed by atoms with E-state index < -0.39 is 0 Å². The van der Waals surface area contributed by atoms with Gasteiger partial charge in [0.25, 0.3) is 0 Å². The molecule has 3 rings (SSSR count). The van der Waals surface area contributed by atoms with Gasteiger partial charge in [0, 0.05) is 12.2 Å². The largest absolute Gasteiger partial charge is 0.506 e. The molecular weight excluding hydrogens is 320 g/mol. The molecule has 1 N–H and O–H groups in total. The Kier molecular flexibility index (Phi) is 6.67. The Balaban J connectivity index is 0.00000100. The van der Waals surface area contributed by atoms with E-state index in [1.807, 2.05) is 18.7 Å². The van der Waals surface area contributed by atoms with E-state index in [-0.39, 0.29) is 11.7 Å². The molecular formula is C19H24N2O2S. The minimum absolute atomic E-state index is 0.107. The summed E-state index contributed by atoms with van der Waals surface area (Å²) in [6, 6.07) is 9.52. The lowest BCUT2D eigenvalue weighted by Crippen LogP contribution is -2.37. The fourth-order valence-corrected chi connectivity index (χ4v) is 3.49. The number of nitrogens with zero attached hydrogens (tertiary/aromatic N) is 2. The molecule has 1 aromatic heterocycles. The first-order valence-electron chi connectivity index (χ1n) is 8.32. The van der Waals surface area contributed by atoms with E-state index in [2.05, 4.69) is 30.1 Å². The molecule has 0 fully saturated rings. The van der Waals surface area contributed by atoms with Crippen LogP contribution in [0.2, 0.25) is 0 Å². The molecule has 2 aromatic rings. The highest BCUT2D eigenvalue weighted by atomic mass is 32.2. The highest BCUT2D eigenvalue weighted by Gasteiger charge is 2.23. The van der Waals surface area contributed by atoms with Crippen molar-refractivity contribution >= 4 is 23.4 Å². The van der Waals surface area contributed by atoms with Crippen LogP contribution in [0.3, 0.4) is 0 Å². The molecule has 0 unspecified atom stereocenters. The second-order valence-corrected chi connectivity index (χ2v) is 6.37. The molecule has 1 aromatic carbocycles. The molecule has 1 aliphatic heterocycles. The molecule has 1 amide bonds. The zero-order valence-corrected chi connectivity index (χ0v) is 15.3. The number of para-hydroxylation sites is 1. The summed E-state index contributed by atoms with van der Waals surface area (Å²) in [7, 11) is 0. The van der Waals surface area contributed by atoms with Crippen LogP contribution >= 0.6 is 11.8 Å². The number of aryl methyl sites for hydroxylation is 2. The van der Waals surface area contributed by atoms with Gasteiger partial charge < -0.3 is 10.0 Å². The van der Waals surface area contributed by atoms with Crippen molar-refractivity contribution in [2.24, 2.45) is 0 Å². The number of amides is 1. The fourth-order valence-electron chi connectivity index (χ4n) is 2.77. The third-order valence-corrected chi connectivity index (χ3v) is 4.71. The highest BCUT2D eigenvalue weighted by molar-refractivity contribution is 7.99. The number of carbonyl (C=O) groups excluding carboxylic acids is 1. The highest BCUT2D eigenvalue weighted by Crippen LogP contribution is 2.31. The zero-order valence-electron chi connectivity index (χ0n) is 14.5. The van der Waals surface area contributed by atoms with Crippen molar-refractivity contribution in [3.63, 3.8) is 0 Å². The van der Waals surface area contributed by atoms with Gasteiger partial charge >= 0.3 is 0 Å². The van der Waals surface area contributed by atoms with Crippen molar-refractivity contribution in [1.82, 2.24) is 4.98 Å². The van der Waals surface area contributed by atoms with Crippen LogP contribution in [0.15, 0.2) is 41.6 Å². The Morgan fingerprint density at radius 1 is 1.29 bits per heavy atom. The summed E-state index contributed by atoms with van der Waals surface area (Å²) in [5.41, 5.74) is 3.49. The Bertz CT molecular complexity index is 686. The van der Waals surface area contributed by atoms with Gasteiger partial charge in [0.15, 0.2) is 0 Å². The Morgan fingerprint density at radius 2 is 2.08 bits per heavy atom. The Labute approximate surface area is 147 Å². The van der Waals surface area contributed by atoms with Gasteiger partial charge in [-0.05, 0) is 43.0 Å². The second kappa shape index (κ2) is 8.73. The number of hydrogen-bond donors (Lipinski definition) is 1. The molecule has 0 saturated carbocycles. The molecule has 0 atom stereocenters. The Hall–Kier alpha value is -2.01. The van der Waals surface area contributed by atoms with Crippen LogP contribution in [-0.4, -0.2) is 28.3 Å². The van der Waals surface area contributed by atoms with Gasteiger partial charge in [-0.25, -0.2) is 4.98 Å². The maximum Gasteiger partial charge on any atom is 0.237 e. The molecule has 128 valence electrons. The average molecular weight is 344 g/mol. The normalized spacial score (nSPS) is 12.9. The first kappa shape index (κ1) is 18.3. The van der Waals surface area contributed by atoms with Crippen molar-refractivity contribution in [2.45, 2.75) is 38.6 Å². The molecule has 0 saturated heterocycles. The first-order valence-corrected chi connectivity index (χ1v) is 9.30. The van der Waals surface area contributed by atoms with Crippen LogP contribution in [0, 0.1) is 6.92 Å². The van der Waals surface area contributed by atoms with E-state index in [1.165, 1.54) is 23.5 Å². The summed E-state index contributed by atoms with van der Waals surface area (Å²) in [6.45, 7) is 6.83. The summed E-state index contributed by atoms with van der Waals surface area (Å²) in [5.74, 6) is 0.595. The van der Waals surface area contributed by atoms with E-state index >= 15 is 0 Å². The topological polar surface area (TPSA) is 53.4 Å². The summed E-state index contributed by atoms with van der Waals surface area (Å²) in [6.07, 6.45) is 3.44. The van der Waals surface area contributed by atoms with Gasteiger partial charge in [-0.2, -0.15) is 0 Å². The second-order valence-electron chi connectivity index (χ2n) is 5.37. The average Bonchev–Trinajstić information content (AvgIpc) is 2.62. The number of aromatic nitrogens is 1. The summed E-state index contributed by atoms with van der Waals surface area (Å²) in [5, 5.41) is 9.97. The number of hydrogen-bond acceptors (Lipinski definition) is 4. The molecule has 1 aliphatic rings. The smallest absolute Gasteiger partial charge is 0.237 e. The summed E-state index contributed by atoms with van der Waals surface area (Å²) < 4.78 is 0. The summed E-state index contributed by atoms with van der Waals surface area (Å²) >= 11 is 1.40. The fraction of sp³-hybridized carbons (Fsp3) is 0.368. The SMILES string of the molecule is CC.Cc1cccc2c1N(C(=O)CSc1ccc(O)cn1)CCC2. The maximum atomic E-state index is 12.6. The lowest BCUT2D eigenvalue weighted by Gasteiger charge is -2.31. The molecule has 24 heavy (non-hydrogen) atoms. The molecule has 0 spiro atoms. The molecule has 5 heteroatoms. The van der Waals surface area contributed by atoms with Crippen molar-refractivity contribution in [1.29, 1.82) is 0 Å². The van der Waals surface area contributed by atoms with Gasteiger partial charge in [-0.1, -0.05) is 43.8 Å². The lowest BCUT2D eigenvalue weighted by atomic mass is 9.98. The van der Waals surface area contributed by atoms with E-state index in [9.17, 15) is 9.90 Å². The predicted octanol–water partition coefficient (Wildman–Crippen LogP) is 4.19. The Morgan fingerprint density at radius 3 is 2.79 bits per heavy atom. The van der Waals surface area contributed by atoms with E-state index in [4.69, 9.17) is 0 Å². The van der Waals surface area contributed by atoms with E-state index in [0.29, 0.717) is 5.75 Å². The van der Waals surface area contributed by atoms with Gasteiger partial charge in [0.05, 0.1) is 17.0 Å². The van der Waals surface area contributed by atoms with Crippen LogP contribution in [0.25, 0.3) is 0 Å². The number of anilines is 1. The standard InChI is InChI=1S/C17H18N2O2S.C2H6/c1-12-4-2-5-13-6-3-9-19(17(12)13)16(21)11-22-15-8-7-14(20)10-18-15;1-2/h2,4-5,7-8,10,20H,3,6,9,11H2,1H3;1-2H3. The number of pyridine rings is 1. The van der Waals surface area contributed by atoms with Crippen molar-refractivity contribution in [3.8, 4) is 5.75 Å². The first-order chi connectivity index (χ1) is 11.6. The monoisotopic (exact) mass is 344 g/mol. The van der Waals surface area contributed by atoms with Gasteiger partial charge in [-0.15, -0.1) is 0 Å². The van der Waals surface area contributed by atoms with Crippen LogP contribution in [0.4, 0.5) is 5.69 Å². The van der Waals surface area contributed by atoms with E-state index in [0.717, 1.165) is 35.7 Å². The minimum Gasteiger partial charge on any atom is -0.506 e. The van der Waals surface area contributed by atoms with Crippen LogP contribution < -0.4 is 4.90 Å². The maximum absolute atomic E-state index is 12.6. The van der Waals surface area contributed by atoms with Gasteiger partial charge in [0.2, 0.25) is 5.91 Å². The molecule has 4 nitrogen and oxygen atoms in total.